The van der Waals surface area contributed by atoms with Crippen molar-refractivity contribution in [2.75, 3.05) is 19.6 Å². The molecular formula is C25H35N3O2. The van der Waals surface area contributed by atoms with Gasteiger partial charge in [-0.15, -0.1) is 0 Å². The number of amides is 2. The van der Waals surface area contributed by atoms with Crippen LogP contribution in [0.4, 0.5) is 0 Å². The lowest BCUT2D eigenvalue weighted by Crippen LogP contribution is -2.31. The molecule has 162 valence electrons. The molecule has 0 atom stereocenters. The number of hydrogen-bond acceptors (Lipinski definition) is 3. The first kappa shape index (κ1) is 23.6. The molecule has 0 aliphatic carbocycles. The molecule has 4 N–H and O–H groups in total. The van der Waals surface area contributed by atoms with Crippen LogP contribution in [0.25, 0.3) is 11.1 Å². The van der Waals surface area contributed by atoms with E-state index < -0.39 is 0 Å². The van der Waals surface area contributed by atoms with Crippen LogP contribution >= 0.6 is 0 Å². The largest absolute Gasteiger partial charge is 0.356 e. The van der Waals surface area contributed by atoms with E-state index >= 15 is 0 Å². The number of nitrogens with two attached hydrogens (primary N) is 1. The third kappa shape index (κ3) is 8.37. The Morgan fingerprint density at radius 2 is 1.43 bits per heavy atom. The highest BCUT2D eigenvalue weighted by Gasteiger charge is 2.07. The molecule has 0 radical (unpaired) electrons. The number of unbranched alkanes of at least 4 members (excludes halogenated alkanes) is 3. The molecular weight excluding hydrogens is 374 g/mol. The number of carbonyl (C=O) groups is 2. The molecule has 2 amide bonds. The maximum Gasteiger partial charge on any atom is 0.251 e. The average Bonchev–Trinajstić information content (AvgIpc) is 2.77. The normalized spacial score (nSPS) is 10.6. The minimum atomic E-state index is -0.158. The van der Waals surface area contributed by atoms with E-state index in [1.165, 1.54) is 5.56 Å². The van der Waals surface area contributed by atoms with Gasteiger partial charge in [-0.1, -0.05) is 62.6 Å². The van der Waals surface area contributed by atoms with Crippen molar-refractivity contribution < 1.29 is 9.59 Å². The molecule has 0 saturated heterocycles. The van der Waals surface area contributed by atoms with Gasteiger partial charge in [0.25, 0.3) is 5.91 Å². The molecule has 0 bridgehead atoms. The van der Waals surface area contributed by atoms with Gasteiger partial charge in [-0.25, -0.2) is 0 Å². The summed E-state index contributed by atoms with van der Waals surface area (Å²) in [6, 6.07) is 16.1. The molecule has 2 rings (SSSR count). The van der Waals surface area contributed by atoms with Crippen molar-refractivity contribution in [3.05, 3.63) is 59.7 Å². The Hall–Kier alpha value is -2.66. The first-order valence-electron chi connectivity index (χ1n) is 11.1. The van der Waals surface area contributed by atoms with Gasteiger partial charge in [-0.05, 0) is 54.6 Å². The van der Waals surface area contributed by atoms with Crippen molar-refractivity contribution >= 4 is 11.8 Å². The molecule has 0 unspecified atom stereocenters. The molecule has 2 aromatic rings. The highest BCUT2D eigenvalue weighted by molar-refractivity contribution is 5.94. The molecule has 0 aliphatic rings. The van der Waals surface area contributed by atoms with Gasteiger partial charge in [-0.3, -0.25) is 9.59 Å². The van der Waals surface area contributed by atoms with E-state index in [0.29, 0.717) is 18.7 Å². The van der Waals surface area contributed by atoms with E-state index in [9.17, 15) is 9.59 Å². The number of rotatable bonds is 13. The van der Waals surface area contributed by atoms with E-state index in [1.54, 1.807) is 0 Å². The first-order valence-corrected chi connectivity index (χ1v) is 11.1. The first-order chi connectivity index (χ1) is 14.6. The van der Waals surface area contributed by atoms with Gasteiger partial charge in [0.15, 0.2) is 0 Å². The van der Waals surface area contributed by atoms with Crippen LogP contribution in [0.2, 0.25) is 0 Å². The third-order valence-corrected chi connectivity index (χ3v) is 5.06. The van der Waals surface area contributed by atoms with Gasteiger partial charge >= 0.3 is 0 Å². The molecule has 0 aromatic heterocycles. The SMILES string of the molecule is CCCc1ccc(-c2ccc(C(=O)NCCC(=O)NCCCCCCN)cc2)cc1. The topological polar surface area (TPSA) is 84.2 Å². The number of hydrogen-bond donors (Lipinski definition) is 3. The van der Waals surface area contributed by atoms with Crippen molar-refractivity contribution in [1.29, 1.82) is 0 Å². The molecule has 0 fully saturated rings. The summed E-state index contributed by atoms with van der Waals surface area (Å²) >= 11 is 0. The van der Waals surface area contributed by atoms with E-state index in [-0.39, 0.29) is 18.2 Å². The lowest BCUT2D eigenvalue weighted by Gasteiger charge is -2.08. The summed E-state index contributed by atoms with van der Waals surface area (Å²) in [5.41, 5.74) is 9.62. The standard InChI is InChI=1S/C25H35N3O2/c1-2-7-20-8-10-21(11-9-20)22-12-14-23(15-13-22)25(30)28-19-16-24(29)27-18-6-4-3-5-17-26/h8-15H,2-7,16-19,26H2,1H3,(H,27,29)(H,28,30). The van der Waals surface area contributed by atoms with Crippen LogP contribution in [0.5, 0.6) is 0 Å². The summed E-state index contributed by atoms with van der Waals surface area (Å²) in [6.07, 6.45) is 6.69. The molecule has 0 aliphatic heterocycles. The Labute approximate surface area is 180 Å². The van der Waals surface area contributed by atoms with Crippen LogP contribution in [0.1, 0.15) is 61.4 Å². The maximum absolute atomic E-state index is 12.3. The number of benzene rings is 2. The lowest BCUT2D eigenvalue weighted by molar-refractivity contribution is -0.120. The van der Waals surface area contributed by atoms with Crippen molar-refractivity contribution in [3.8, 4) is 11.1 Å². The highest BCUT2D eigenvalue weighted by Crippen LogP contribution is 2.21. The fraction of sp³-hybridized carbons (Fsp3) is 0.440. The second-order valence-electron chi connectivity index (χ2n) is 7.58. The Morgan fingerprint density at radius 1 is 0.800 bits per heavy atom. The predicted octanol–water partition coefficient (Wildman–Crippen LogP) is 4.06. The molecule has 5 heteroatoms. The van der Waals surface area contributed by atoms with E-state index in [1.807, 2.05) is 24.3 Å². The van der Waals surface area contributed by atoms with Gasteiger partial charge in [0.1, 0.15) is 0 Å². The number of aryl methyl sites for hydroxylation is 1. The fourth-order valence-electron chi connectivity index (χ4n) is 3.30. The summed E-state index contributed by atoms with van der Waals surface area (Å²) in [5.74, 6) is -0.189. The molecule has 0 spiro atoms. The zero-order valence-corrected chi connectivity index (χ0v) is 18.1. The van der Waals surface area contributed by atoms with Crippen LogP contribution in [0, 0.1) is 0 Å². The Morgan fingerprint density at radius 3 is 2.07 bits per heavy atom. The van der Waals surface area contributed by atoms with Crippen LogP contribution in [0.3, 0.4) is 0 Å². The van der Waals surface area contributed by atoms with E-state index in [2.05, 4.69) is 41.8 Å². The predicted molar refractivity (Wildman–Crippen MR) is 123 cm³/mol. The summed E-state index contributed by atoms with van der Waals surface area (Å²) in [4.78, 5) is 24.1. The van der Waals surface area contributed by atoms with Crippen molar-refractivity contribution in [3.63, 3.8) is 0 Å². The highest BCUT2D eigenvalue weighted by atomic mass is 16.2. The average molecular weight is 410 g/mol. The van der Waals surface area contributed by atoms with Crippen LogP contribution < -0.4 is 16.4 Å². The van der Waals surface area contributed by atoms with Gasteiger partial charge in [0.2, 0.25) is 5.91 Å². The third-order valence-electron chi connectivity index (χ3n) is 5.06. The maximum atomic E-state index is 12.3. The molecule has 30 heavy (non-hydrogen) atoms. The molecule has 2 aromatic carbocycles. The molecule has 0 heterocycles. The lowest BCUT2D eigenvalue weighted by atomic mass is 10.0. The zero-order valence-electron chi connectivity index (χ0n) is 18.1. The van der Waals surface area contributed by atoms with Gasteiger partial charge in [-0.2, -0.15) is 0 Å². The van der Waals surface area contributed by atoms with Gasteiger partial charge in [0, 0.05) is 25.1 Å². The van der Waals surface area contributed by atoms with E-state index in [0.717, 1.165) is 56.2 Å². The smallest absolute Gasteiger partial charge is 0.251 e. The van der Waals surface area contributed by atoms with Crippen molar-refractivity contribution in [2.24, 2.45) is 5.73 Å². The summed E-state index contributed by atoms with van der Waals surface area (Å²) < 4.78 is 0. The van der Waals surface area contributed by atoms with Crippen LogP contribution in [0.15, 0.2) is 48.5 Å². The monoisotopic (exact) mass is 409 g/mol. The molecule has 5 nitrogen and oxygen atoms in total. The van der Waals surface area contributed by atoms with Crippen LogP contribution in [-0.4, -0.2) is 31.4 Å². The Kier molecular flexibility index (Phi) is 10.7. The Balaban J connectivity index is 1.71. The van der Waals surface area contributed by atoms with E-state index in [4.69, 9.17) is 5.73 Å². The van der Waals surface area contributed by atoms with Crippen molar-refractivity contribution in [1.82, 2.24) is 10.6 Å². The number of nitrogens with one attached hydrogen (secondary N) is 2. The Bertz CT molecular complexity index is 770. The zero-order chi connectivity index (χ0) is 21.6. The summed E-state index contributed by atoms with van der Waals surface area (Å²) in [7, 11) is 0. The second kappa shape index (κ2) is 13.5. The summed E-state index contributed by atoms with van der Waals surface area (Å²) in [5, 5.41) is 5.70. The molecule has 0 saturated carbocycles. The van der Waals surface area contributed by atoms with Gasteiger partial charge < -0.3 is 16.4 Å². The van der Waals surface area contributed by atoms with Gasteiger partial charge in [0.05, 0.1) is 0 Å². The number of carbonyl (C=O) groups excluding carboxylic acids is 2. The second-order valence-corrected chi connectivity index (χ2v) is 7.58. The fourth-order valence-corrected chi connectivity index (χ4v) is 3.30. The van der Waals surface area contributed by atoms with Crippen molar-refractivity contribution in [2.45, 2.75) is 51.9 Å². The minimum Gasteiger partial charge on any atom is -0.356 e. The quantitative estimate of drug-likeness (QED) is 0.436. The summed E-state index contributed by atoms with van der Waals surface area (Å²) in [6.45, 7) is 3.91. The van der Waals surface area contributed by atoms with Crippen LogP contribution in [-0.2, 0) is 11.2 Å². The minimum absolute atomic E-state index is 0.0315.